The number of carbonyl (C=O) groups excluding carboxylic acids is 2. The molecule has 0 rings (SSSR count). The zero-order valence-electron chi connectivity index (χ0n) is 59.3. The van der Waals surface area contributed by atoms with Crippen LogP contribution in [0.4, 0.5) is 0 Å². The van der Waals surface area contributed by atoms with Gasteiger partial charge in [-0.1, -0.05) is 337 Å². The molecule has 0 heterocycles. The Morgan fingerprint density at radius 1 is 0.348 bits per heavy atom. The van der Waals surface area contributed by atoms with Crippen LogP contribution in [0.15, 0.2) is 72.9 Å². The van der Waals surface area contributed by atoms with Crippen molar-refractivity contribution in [3.05, 3.63) is 72.9 Å². The highest BCUT2D eigenvalue weighted by Crippen LogP contribution is 2.19. The van der Waals surface area contributed by atoms with Crippen LogP contribution in [0.5, 0.6) is 0 Å². The highest BCUT2D eigenvalue weighted by molar-refractivity contribution is 5.71. The summed E-state index contributed by atoms with van der Waals surface area (Å²) in [7, 11) is 5.99. The first-order valence-electron chi connectivity index (χ1n) is 38.1. The van der Waals surface area contributed by atoms with Crippen LogP contribution in [-0.2, 0) is 33.3 Å². The van der Waals surface area contributed by atoms with Crippen molar-refractivity contribution < 1.29 is 42.9 Å². The number of carboxylic acids is 1. The molecule has 89 heavy (non-hydrogen) atoms. The van der Waals surface area contributed by atoms with Crippen LogP contribution in [0.1, 0.15) is 361 Å². The molecule has 0 aromatic heterocycles. The lowest BCUT2D eigenvalue weighted by Gasteiger charge is -2.25. The summed E-state index contributed by atoms with van der Waals surface area (Å²) >= 11 is 0. The predicted molar refractivity (Wildman–Crippen MR) is 383 cm³/mol. The lowest BCUT2D eigenvalue weighted by atomic mass is 10.0. The summed E-state index contributed by atoms with van der Waals surface area (Å²) in [5.41, 5.74) is 0. The van der Waals surface area contributed by atoms with E-state index in [-0.39, 0.29) is 38.2 Å². The van der Waals surface area contributed by atoms with Crippen LogP contribution in [0.2, 0.25) is 0 Å². The van der Waals surface area contributed by atoms with Gasteiger partial charge in [-0.15, -0.1) is 0 Å². The zero-order valence-corrected chi connectivity index (χ0v) is 59.3. The number of carboxylic acid groups (broad SMARTS) is 1. The SMILES string of the molecule is CC/C=C\C/C=C\C/C=C\C/C=C\C/C=C\CCCCCCCCCCCCCCCCCCCCCCCCCC(=O)OC(COC(=O)CCCCCCCCCCCCCCC/C=C\CCCCCCCCCC)COC(OCC[N+](C)(C)C)C(=O)O. The van der Waals surface area contributed by atoms with E-state index in [0.717, 1.165) is 70.6 Å². The maximum Gasteiger partial charge on any atom is 0.361 e. The van der Waals surface area contributed by atoms with E-state index >= 15 is 0 Å². The Morgan fingerprint density at radius 3 is 0.966 bits per heavy atom. The minimum Gasteiger partial charge on any atom is -0.477 e. The van der Waals surface area contributed by atoms with Crippen molar-refractivity contribution in [2.24, 2.45) is 0 Å². The lowest BCUT2D eigenvalue weighted by molar-refractivity contribution is -0.870. The van der Waals surface area contributed by atoms with Crippen molar-refractivity contribution in [1.82, 2.24) is 0 Å². The number of quaternary nitrogens is 1. The molecular weight excluding hydrogens is 1100 g/mol. The Morgan fingerprint density at radius 2 is 0.640 bits per heavy atom. The first-order chi connectivity index (χ1) is 43.6. The average Bonchev–Trinajstić information content (AvgIpc) is 3.64. The molecule has 0 saturated heterocycles. The van der Waals surface area contributed by atoms with Gasteiger partial charge in [0.25, 0.3) is 6.29 Å². The Balaban J connectivity index is 3.99. The number of carbonyl (C=O) groups is 3. The molecule has 2 atom stereocenters. The first-order valence-corrected chi connectivity index (χ1v) is 38.1. The van der Waals surface area contributed by atoms with Crippen LogP contribution < -0.4 is 0 Å². The minimum atomic E-state index is -1.51. The molecule has 2 unspecified atom stereocenters. The molecule has 0 radical (unpaired) electrons. The Bertz CT molecular complexity index is 1690. The van der Waals surface area contributed by atoms with E-state index in [4.69, 9.17) is 18.9 Å². The predicted octanol–water partition coefficient (Wildman–Crippen LogP) is 24.0. The molecule has 0 bridgehead atoms. The molecule has 1 N–H and O–H groups in total. The number of hydrogen-bond donors (Lipinski definition) is 1. The van der Waals surface area contributed by atoms with Crippen molar-refractivity contribution in [2.45, 2.75) is 373 Å². The van der Waals surface area contributed by atoms with Crippen molar-refractivity contribution in [3.63, 3.8) is 0 Å². The van der Waals surface area contributed by atoms with Gasteiger partial charge in [0.15, 0.2) is 6.10 Å². The number of ether oxygens (including phenoxy) is 4. The van der Waals surface area contributed by atoms with Crippen molar-refractivity contribution >= 4 is 17.9 Å². The smallest absolute Gasteiger partial charge is 0.361 e. The minimum absolute atomic E-state index is 0.178. The van der Waals surface area contributed by atoms with Crippen molar-refractivity contribution in [3.8, 4) is 0 Å². The summed E-state index contributed by atoms with van der Waals surface area (Å²) in [4.78, 5) is 37.7. The fraction of sp³-hybridized carbons (Fsp3) is 0.812. The summed E-state index contributed by atoms with van der Waals surface area (Å²) in [6.07, 6.45) is 91.9. The van der Waals surface area contributed by atoms with Gasteiger partial charge in [0, 0.05) is 12.8 Å². The maximum atomic E-state index is 13.0. The van der Waals surface area contributed by atoms with Crippen molar-refractivity contribution in [2.75, 3.05) is 47.5 Å². The summed E-state index contributed by atoms with van der Waals surface area (Å²) in [5.74, 6) is -1.98. The van der Waals surface area contributed by atoms with Crippen LogP contribution in [0.25, 0.3) is 0 Å². The van der Waals surface area contributed by atoms with E-state index in [9.17, 15) is 19.5 Å². The Kier molecular flexibility index (Phi) is 68.0. The van der Waals surface area contributed by atoms with Crippen LogP contribution >= 0.6 is 0 Å². The standard InChI is InChI=1S/C80H145NO8/c1-6-8-10-12-14-16-18-20-22-24-26-28-30-32-33-34-35-36-37-38-39-40-41-42-43-44-45-47-49-51-53-55-57-59-61-63-65-67-69-71-78(83)89-76(75-88-80(79(84)85)86-73-72-81(3,4)5)74-87-77(82)70-68-66-64-62-60-58-56-54-52-50-48-46-31-29-27-25-23-21-19-17-15-13-11-9-7-2/h8,10,14,16,20,22,25-28,32-33,76,80H,6-7,9,11-13,15,17-19,21,23-24,29-31,34-75H2,1-5H3/p+1/b10-8-,16-14-,22-20-,27-25-,28-26-,33-32-. The number of esters is 2. The molecule has 0 saturated carbocycles. The van der Waals surface area contributed by atoms with Gasteiger partial charge in [0.05, 0.1) is 34.4 Å². The summed E-state index contributed by atoms with van der Waals surface area (Å²) in [6, 6.07) is 0. The topological polar surface area (TPSA) is 108 Å². The quantitative estimate of drug-likeness (QED) is 0.0211. The number of nitrogens with zero attached hydrogens (tertiary/aromatic N) is 1. The van der Waals surface area contributed by atoms with Crippen LogP contribution in [0, 0.1) is 0 Å². The highest BCUT2D eigenvalue weighted by Gasteiger charge is 2.25. The Hall–Kier alpha value is -3.27. The molecule has 0 aliphatic rings. The fourth-order valence-corrected chi connectivity index (χ4v) is 11.2. The van der Waals surface area contributed by atoms with Gasteiger partial charge >= 0.3 is 17.9 Å². The van der Waals surface area contributed by atoms with E-state index in [1.807, 2.05) is 21.1 Å². The van der Waals surface area contributed by atoms with Gasteiger partial charge < -0.3 is 28.5 Å². The molecule has 0 aliphatic heterocycles. The molecule has 0 amide bonds. The number of aliphatic carboxylic acids is 1. The Labute approximate surface area is 551 Å². The second kappa shape index (κ2) is 70.6. The van der Waals surface area contributed by atoms with Gasteiger partial charge in [-0.3, -0.25) is 9.59 Å². The molecular formula is C80H146NO8+. The number of rotatable bonds is 71. The molecule has 0 aromatic carbocycles. The highest BCUT2D eigenvalue weighted by atomic mass is 16.7. The fourth-order valence-electron chi connectivity index (χ4n) is 11.2. The van der Waals surface area contributed by atoms with Gasteiger partial charge in [-0.2, -0.15) is 0 Å². The van der Waals surface area contributed by atoms with Crippen LogP contribution in [0.3, 0.4) is 0 Å². The molecule has 518 valence electrons. The van der Waals surface area contributed by atoms with E-state index in [0.29, 0.717) is 17.4 Å². The van der Waals surface area contributed by atoms with Gasteiger partial charge in [0.2, 0.25) is 0 Å². The molecule has 0 aromatic rings. The monoisotopic (exact) mass is 1250 g/mol. The summed E-state index contributed by atoms with van der Waals surface area (Å²) in [6.45, 7) is 4.82. The first kappa shape index (κ1) is 85.7. The second-order valence-corrected chi connectivity index (χ2v) is 26.9. The van der Waals surface area contributed by atoms with Crippen LogP contribution in [-0.4, -0.2) is 87.4 Å². The third-order valence-electron chi connectivity index (χ3n) is 16.9. The third-order valence-corrected chi connectivity index (χ3v) is 16.9. The number of likely N-dealkylation sites (N-methyl/N-ethyl adjacent to an activating group) is 1. The van der Waals surface area contributed by atoms with E-state index in [1.54, 1.807) is 0 Å². The normalized spacial score (nSPS) is 13.0. The molecule has 0 spiro atoms. The molecule has 0 aliphatic carbocycles. The lowest BCUT2D eigenvalue weighted by Crippen LogP contribution is -2.40. The number of unbranched alkanes of at least 4 members (excludes halogenated alkanes) is 44. The van der Waals surface area contributed by atoms with Gasteiger partial charge in [0.1, 0.15) is 13.2 Å². The van der Waals surface area contributed by atoms with E-state index in [2.05, 4.69) is 86.8 Å². The number of hydrogen-bond acceptors (Lipinski definition) is 7. The second-order valence-electron chi connectivity index (χ2n) is 26.9. The molecule has 0 fully saturated rings. The summed E-state index contributed by atoms with van der Waals surface area (Å²) in [5, 5.41) is 9.76. The summed E-state index contributed by atoms with van der Waals surface area (Å²) < 4.78 is 23.0. The third kappa shape index (κ3) is 72.0. The molecule has 9 heteroatoms. The zero-order chi connectivity index (χ0) is 64.7. The van der Waals surface area contributed by atoms with Crippen molar-refractivity contribution in [1.29, 1.82) is 0 Å². The average molecular weight is 1250 g/mol. The van der Waals surface area contributed by atoms with Gasteiger partial charge in [-0.05, 0) is 83.5 Å². The van der Waals surface area contributed by atoms with Gasteiger partial charge in [-0.25, -0.2) is 4.79 Å². The maximum absolute atomic E-state index is 13.0. The van der Waals surface area contributed by atoms with E-state index in [1.165, 1.54) is 263 Å². The largest absolute Gasteiger partial charge is 0.477 e. The van der Waals surface area contributed by atoms with E-state index < -0.39 is 18.4 Å². The molecule has 9 nitrogen and oxygen atoms in total. The number of allylic oxidation sites excluding steroid dienone is 12.